The molecule has 3 aromatic carbocycles. The van der Waals surface area contributed by atoms with Crippen LogP contribution in [0.15, 0.2) is 105 Å². The van der Waals surface area contributed by atoms with Crippen LogP contribution < -0.4 is 14.9 Å². The molecule has 1 aliphatic rings. The van der Waals surface area contributed by atoms with Gasteiger partial charge in [0.15, 0.2) is 4.80 Å². The molecule has 0 fully saturated rings. The zero-order chi connectivity index (χ0) is 31.0. The van der Waals surface area contributed by atoms with E-state index in [0.29, 0.717) is 32.9 Å². The number of hydrogen-bond acceptors (Lipinski definition) is 8. The molecule has 0 N–H and O–H groups in total. The molecule has 5 aromatic rings. The van der Waals surface area contributed by atoms with Crippen molar-refractivity contribution in [1.82, 2.24) is 4.57 Å². The van der Waals surface area contributed by atoms with Gasteiger partial charge in [-0.25, -0.2) is 14.2 Å². The zero-order valence-corrected chi connectivity index (χ0v) is 24.5. The quantitative estimate of drug-likeness (QED) is 0.126. The number of benzene rings is 3. The maximum absolute atomic E-state index is 14.0. The molecule has 0 radical (unpaired) electrons. The van der Waals surface area contributed by atoms with Crippen LogP contribution in [0.5, 0.6) is 0 Å². The fourth-order valence-corrected chi connectivity index (χ4v) is 6.11. The van der Waals surface area contributed by atoms with Gasteiger partial charge < -0.3 is 9.15 Å². The van der Waals surface area contributed by atoms with E-state index in [1.807, 2.05) is 18.2 Å². The van der Waals surface area contributed by atoms with Crippen LogP contribution in [0.3, 0.4) is 0 Å². The van der Waals surface area contributed by atoms with E-state index in [9.17, 15) is 24.1 Å². The van der Waals surface area contributed by atoms with Crippen LogP contribution >= 0.6 is 22.9 Å². The zero-order valence-electron chi connectivity index (χ0n) is 22.9. The second kappa shape index (κ2) is 11.9. The Hall–Kier alpha value is -5.13. The molecule has 0 saturated heterocycles. The number of furan rings is 1. The summed E-state index contributed by atoms with van der Waals surface area (Å²) in [6, 6.07) is 20.9. The van der Waals surface area contributed by atoms with Gasteiger partial charge in [-0.2, -0.15) is 0 Å². The fraction of sp³-hybridized carbons (Fsp3) is 0.0938. The molecular weight excluding hydrogens is 609 g/mol. The highest BCUT2D eigenvalue weighted by Crippen LogP contribution is 2.36. The minimum absolute atomic E-state index is 0.0976. The number of nitro groups is 1. The minimum Gasteiger partial charge on any atom is -0.463 e. The normalized spacial score (nSPS) is 14.7. The first-order chi connectivity index (χ1) is 21.2. The lowest BCUT2D eigenvalue weighted by molar-refractivity contribution is -0.384. The molecule has 3 heterocycles. The van der Waals surface area contributed by atoms with Crippen molar-refractivity contribution in [2.45, 2.75) is 13.0 Å². The van der Waals surface area contributed by atoms with E-state index in [2.05, 4.69) is 0 Å². The van der Waals surface area contributed by atoms with Gasteiger partial charge in [-0.15, -0.1) is 0 Å². The molecule has 6 rings (SSSR count). The number of aromatic nitrogens is 1. The van der Waals surface area contributed by atoms with Crippen molar-refractivity contribution < 1.29 is 23.3 Å². The van der Waals surface area contributed by atoms with Crippen LogP contribution in [-0.2, 0) is 9.53 Å². The van der Waals surface area contributed by atoms with Crippen LogP contribution in [0.2, 0.25) is 5.02 Å². The summed E-state index contributed by atoms with van der Waals surface area (Å²) in [5.74, 6) is -0.552. The Labute approximate surface area is 257 Å². The molecule has 1 aliphatic heterocycles. The maximum atomic E-state index is 14.0. The third-order valence-electron chi connectivity index (χ3n) is 6.89. The number of carbonyl (C=O) groups excluding carboxylic acids is 1. The summed E-state index contributed by atoms with van der Waals surface area (Å²) in [6.45, 7) is 1.78. The monoisotopic (exact) mass is 629 g/mol. The number of nitro benzene ring substituents is 1. The number of nitrogens with zero attached hydrogens (tertiary/aromatic N) is 3. The van der Waals surface area contributed by atoms with Crippen molar-refractivity contribution in [2.24, 2.45) is 4.99 Å². The van der Waals surface area contributed by atoms with E-state index in [-0.39, 0.29) is 33.2 Å². The molecule has 0 unspecified atom stereocenters. The Kier molecular flexibility index (Phi) is 7.81. The summed E-state index contributed by atoms with van der Waals surface area (Å²) >= 11 is 7.38. The molecule has 0 saturated carbocycles. The van der Waals surface area contributed by atoms with Crippen molar-refractivity contribution in [3.05, 3.63) is 148 Å². The summed E-state index contributed by atoms with van der Waals surface area (Å²) in [5, 5.41) is 11.5. The molecule has 0 aliphatic carbocycles. The summed E-state index contributed by atoms with van der Waals surface area (Å²) in [5.41, 5.74) is 1.34. The standard InChI is InChI=1S/C32H21ClFN3O6S/c1-2-42-31(39)27-28(18-6-4-3-5-7-18)35-32-36(29(27)19-8-10-20(34)11-9-19)30(38)26(44-32)17-22-13-15-25(43-22)23-16-21(37(40)41)12-14-24(23)33/h3-17,29H,2H2,1H3/b26-17-/t29-/m0/s1. The highest BCUT2D eigenvalue weighted by molar-refractivity contribution is 7.07. The van der Waals surface area contributed by atoms with Gasteiger partial charge in [0, 0.05) is 29.3 Å². The molecule has 0 spiro atoms. The molecule has 0 amide bonds. The van der Waals surface area contributed by atoms with E-state index in [4.69, 9.17) is 25.7 Å². The van der Waals surface area contributed by atoms with Gasteiger partial charge in [-0.1, -0.05) is 65.4 Å². The van der Waals surface area contributed by atoms with Crippen molar-refractivity contribution in [3.63, 3.8) is 0 Å². The second-order valence-electron chi connectivity index (χ2n) is 9.61. The Morgan fingerprint density at radius 2 is 1.89 bits per heavy atom. The van der Waals surface area contributed by atoms with Gasteiger partial charge in [0.05, 0.1) is 38.4 Å². The number of halogens is 2. The summed E-state index contributed by atoms with van der Waals surface area (Å²) in [4.78, 5) is 43.3. The molecular formula is C32H21ClFN3O6S. The second-order valence-corrected chi connectivity index (χ2v) is 11.0. The lowest BCUT2D eigenvalue weighted by Crippen LogP contribution is -2.40. The van der Waals surface area contributed by atoms with E-state index in [1.54, 1.807) is 31.2 Å². The topological polar surface area (TPSA) is 117 Å². The summed E-state index contributed by atoms with van der Waals surface area (Å²) < 4.78 is 26.9. The first kappa shape index (κ1) is 29.0. The Balaban J connectivity index is 1.54. The van der Waals surface area contributed by atoms with E-state index < -0.39 is 28.3 Å². The Morgan fingerprint density at radius 3 is 2.59 bits per heavy atom. The predicted molar refractivity (Wildman–Crippen MR) is 163 cm³/mol. The van der Waals surface area contributed by atoms with E-state index >= 15 is 0 Å². The van der Waals surface area contributed by atoms with Gasteiger partial charge in [-0.3, -0.25) is 19.5 Å². The number of esters is 1. The minimum atomic E-state index is -0.959. The molecule has 2 aromatic heterocycles. The summed E-state index contributed by atoms with van der Waals surface area (Å²) in [6.07, 6.45) is 1.52. The third kappa shape index (κ3) is 5.38. The molecule has 12 heteroatoms. The van der Waals surface area contributed by atoms with Gasteiger partial charge in [0.2, 0.25) is 0 Å². The lowest BCUT2D eigenvalue weighted by atomic mass is 9.93. The first-order valence-electron chi connectivity index (χ1n) is 13.3. The van der Waals surface area contributed by atoms with Crippen LogP contribution in [0.1, 0.15) is 29.9 Å². The van der Waals surface area contributed by atoms with Gasteiger partial charge in [0.1, 0.15) is 17.3 Å². The van der Waals surface area contributed by atoms with E-state index in [1.165, 1.54) is 53.1 Å². The lowest BCUT2D eigenvalue weighted by Gasteiger charge is -2.25. The number of rotatable bonds is 7. The van der Waals surface area contributed by atoms with Crippen molar-refractivity contribution >= 4 is 46.4 Å². The molecule has 44 heavy (non-hydrogen) atoms. The first-order valence-corrected chi connectivity index (χ1v) is 14.5. The molecule has 1 atom stereocenters. The van der Waals surface area contributed by atoms with Crippen molar-refractivity contribution in [3.8, 4) is 11.3 Å². The van der Waals surface area contributed by atoms with Crippen molar-refractivity contribution in [2.75, 3.05) is 6.61 Å². The van der Waals surface area contributed by atoms with Gasteiger partial charge in [0.25, 0.3) is 11.2 Å². The SMILES string of the molecule is CCOC(=O)C1=C(c2ccccc2)N=c2s/c(=C\c3ccc(-c4cc([N+](=O)[O-])ccc4Cl)o3)c(=O)n2[C@H]1c1ccc(F)cc1. The van der Waals surface area contributed by atoms with E-state index in [0.717, 1.165) is 11.3 Å². The molecule has 9 nitrogen and oxygen atoms in total. The Morgan fingerprint density at radius 1 is 1.14 bits per heavy atom. The average Bonchev–Trinajstić information content (AvgIpc) is 3.61. The highest BCUT2D eigenvalue weighted by Gasteiger charge is 2.35. The number of non-ortho nitro benzene ring substituents is 1. The number of hydrogen-bond donors (Lipinski definition) is 0. The smallest absolute Gasteiger partial charge is 0.338 e. The van der Waals surface area contributed by atoms with Crippen LogP contribution in [0.25, 0.3) is 23.1 Å². The fourth-order valence-electron chi connectivity index (χ4n) is 4.92. The molecule has 0 bridgehead atoms. The molecule has 220 valence electrons. The largest absolute Gasteiger partial charge is 0.463 e. The average molecular weight is 630 g/mol. The predicted octanol–water partition coefficient (Wildman–Crippen LogP) is 5.90. The number of carbonyl (C=O) groups is 1. The number of fused-ring (bicyclic) bond motifs is 1. The van der Waals surface area contributed by atoms with Crippen molar-refractivity contribution in [1.29, 1.82) is 0 Å². The van der Waals surface area contributed by atoms with Gasteiger partial charge in [-0.05, 0) is 42.8 Å². The summed E-state index contributed by atoms with van der Waals surface area (Å²) in [7, 11) is 0. The van der Waals surface area contributed by atoms with Crippen LogP contribution in [0.4, 0.5) is 10.1 Å². The van der Waals surface area contributed by atoms with Crippen LogP contribution in [0, 0.1) is 15.9 Å². The number of thiazole rings is 1. The highest BCUT2D eigenvalue weighted by atomic mass is 35.5. The van der Waals surface area contributed by atoms with Gasteiger partial charge >= 0.3 is 5.97 Å². The Bertz CT molecular complexity index is 2130. The number of ether oxygens (including phenoxy) is 1. The third-order valence-corrected chi connectivity index (χ3v) is 8.20. The van der Waals surface area contributed by atoms with Crippen LogP contribution in [-0.4, -0.2) is 22.1 Å². The maximum Gasteiger partial charge on any atom is 0.338 e.